The summed E-state index contributed by atoms with van der Waals surface area (Å²) in [7, 11) is 0. The third-order valence-corrected chi connectivity index (χ3v) is 4.08. The zero-order chi connectivity index (χ0) is 16.5. The van der Waals surface area contributed by atoms with Crippen LogP contribution in [0, 0.1) is 0 Å². The molecule has 2 aromatic rings. The highest BCUT2D eigenvalue weighted by molar-refractivity contribution is 7.09. The first-order chi connectivity index (χ1) is 10.2. The quantitative estimate of drug-likeness (QED) is 0.901. The topological polar surface area (TPSA) is 92.4 Å². The molecular formula is C15H18N2O4S. The third-order valence-electron chi connectivity index (χ3n) is 3.05. The number of aromatic carboxylic acids is 1. The Bertz CT molecular complexity index is 696. The van der Waals surface area contributed by atoms with Gasteiger partial charge in [0.25, 0.3) is 5.91 Å². The lowest BCUT2D eigenvalue weighted by atomic mass is 9.93. The lowest BCUT2D eigenvalue weighted by molar-refractivity contribution is 0.0659. The molecule has 7 heteroatoms. The zero-order valence-electron chi connectivity index (χ0n) is 12.8. The van der Waals surface area contributed by atoms with E-state index in [9.17, 15) is 9.59 Å². The Morgan fingerprint density at radius 2 is 1.95 bits per heavy atom. The number of carbonyl (C=O) groups excluding carboxylic acids is 1. The maximum Gasteiger partial charge on any atom is 0.371 e. The fraction of sp³-hybridized carbons (Fsp3) is 0.400. The van der Waals surface area contributed by atoms with E-state index in [0.717, 1.165) is 10.7 Å². The number of furan rings is 1. The van der Waals surface area contributed by atoms with Crippen molar-refractivity contribution < 1.29 is 19.1 Å². The minimum atomic E-state index is -1.21. The van der Waals surface area contributed by atoms with E-state index in [-0.39, 0.29) is 23.0 Å². The van der Waals surface area contributed by atoms with Crippen LogP contribution >= 0.6 is 11.3 Å². The van der Waals surface area contributed by atoms with Crippen molar-refractivity contribution in [2.24, 2.45) is 0 Å². The van der Waals surface area contributed by atoms with Gasteiger partial charge in [-0.1, -0.05) is 20.8 Å². The molecule has 2 rings (SSSR count). The normalized spacial score (nSPS) is 12.9. The van der Waals surface area contributed by atoms with Crippen LogP contribution in [0.2, 0.25) is 0 Å². The number of nitrogens with zero attached hydrogens (tertiary/aromatic N) is 1. The molecule has 0 bridgehead atoms. The fourth-order valence-corrected chi connectivity index (χ4v) is 2.79. The van der Waals surface area contributed by atoms with Crippen molar-refractivity contribution in [1.82, 2.24) is 10.3 Å². The lowest BCUT2D eigenvalue weighted by Crippen LogP contribution is -2.26. The molecule has 0 aromatic carbocycles. The summed E-state index contributed by atoms with van der Waals surface area (Å²) < 4.78 is 4.97. The van der Waals surface area contributed by atoms with E-state index in [0.29, 0.717) is 0 Å². The Balaban J connectivity index is 2.07. The molecule has 0 spiro atoms. The molecule has 0 aliphatic heterocycles. The minimum Gasteiger partial charge on any atom is -0.475 e. The maximum atomic E-state index is 12.0. The second-order valence-electron chi connectivity index (χ2n) is 5.99. The van der Waals surface area contributed by atoms with E-state index in [2.05, 4.69) is 31.1 Å². The number of thiazole rings is 1. The number of hydrogen-bond donors (Lipinski definition) is 2. The van der Waals surface area contributed by atoms with E-state index in [1.165, 1.54) is 23.5 Å². The van der Waals surface area contributed by atoms with Crippen molar-refractivity contribution in [3.63, 3.8) is 0 Å². The van der Waals surface area contributed by atoms with Crippen molar-refractivity contribution in [2.45, 2.75) is 39.2 Å². The molecule has 0 aliphatic carbocycles. The molecule has 118 valence electrons. The molecule has 2 aromatic heterocycles. The molecule has 0 radical (unpaired) electrons. The van der Waals surface area contributed by atoms with Gasteiger partial charge in [0.1, 0.15) is 5.01 Å². The minimum absolute atomic E-state index is 0.0307. The highest BCUT2D eigenvalue weighted by atomic mass is 32.1. The van der Waals surface area contributed by atoms with Gasteiger partial charge >= 0.3 is 5.97 Å². The van der Waals surface area contributed by atoms with Gasteiger partial charge in [0.05, 0.1) is 11.7 Å². The summed E-state index contributed by atoms with van der Waals surface area (Å²) in [6, 6.07) is 2.31. The van der Waals surface area contributed by atoms with E-state index >= 15 is 0 Å². The molecular weight excluding hydrogens is 304 g/mol. The summed E-state index contributed by atoms with van der Waals surface area (Å²) in [6.07, 6.45) is 0. The van der Waals surface area contributed by atoms with Crippen molar-refractivity contribution in [2.75, 3.05) is 0 Å². The van der Waals surface area contributed by atoms with E-state index in [1.807, 2.05) is 12.3 Å². The summed E-state index contributed by atoms with van der Waals surface area (Å²) in [5.41, 5.74) is 0.926. The standard InChI is InChI=1S/C15H18N2O4S/c1-8(13-17-11(7-22-13)15(2,3)4)16-12(18)9-5-6-10(21-9)14(19)20/h5-8H,1-4H3,(H,16,18)(H,19,20)/t8-/m0/s1. The molecule has 0 fully saturated rings. The van der Waals surface area contributed by atoms with Gasteiger partial charge in [-0.3, -0.25) is 4.79 Å². The van der Waals surface area contributed by atoms with Crippen LogP contribution in [0.3, 0.4) is 0 Å². The Morgan fingerprint density at radius 3 is 2.45 bits per heavy atom. The number of amides is 1. The second kappa shape index (κ2) is 5.92. The van der Waals surface area contributed by atoms with Crippen LogP contribution in [0.5, 0.6) is 0 Å². The van der Waals surface area contributed by atoms with Gasteiger partial charge in [0.2, 0.25) is 5.76 Å². The fourth-order valence-electron chi connectivity index (χ4n) is 1.74. The van der Waals surface area contributed by atoms with E-state index in [1.54, 1.807) is 0 Å². The van der Waals surface area contributed by atoms with Crippen LogP contribution in [-0.4, -0.2) is 22.0 Å². The molecule has 0 aliphatic rings. The number of carboxylic acids is 1. The molecule has 22 heavy (non-hydrogen) atoms. The van der Waals surface area contributed by atoms with Gasteiger partial charge in [-0.15, -0.1) is 11.3 Å². The molecule has 0 saturated heterocycles. The Morgan fingerprint density at radius 1 is 1.32 bits per heavy atom. The number of rotatable bonds is 4. The Hall–Kier alpha value is -2.15. The molecule has 1 amide bonds. The number of carboxylic acid groups (broad SMARTS) is 1. The van der Waals surface area contributed by atoms with E-state index < -0.39 is 11.9 Å². The first-order valence-electron chi connectivity index (χ1n) is 6.78. The van der Waals surface area contributed by atoms with Crippen LogP contribution in [-0.2, 0) is 5.41 Å². The largest absolute Gasteiger partial charge is 0.475 e. The maximum absolute atomic E-state index is 12.0. The molecule has 0 unspecified atom stereocenters. The average molecular weight is 322 g/mol. The SMILES string of the molecule is C[C@H](NC(=O)c1ccc(C(=O)O)o1)c1nc(C(C)(C)C)cs1. The lowest BCUT2D eigenvalue weighted by Gasteiger charge is -2.15. The molecule has 0 saturated carbocycles. The number of carbonyl (C=O) groups is 2. The monoisotopic (exact) mass is 322 g/mol. The Labute approximate surface area is 132 Å². The van der Waals surface area contributed by atoms with Crippen LogP contribution in [0.4, 0.5) is 0 Å². The Kier molecular flexibility index (Phi) is 4.37. The van der Waals surface area contributed by atoms with Gasteiger partial charge in [0.15, 0.2) is 5.76 Å². The highest BCUT2D eigenvalue weighted by Gasteiger charge is 2.22. The predicted molar refractivity (Wildman–Crippen MR) is 82.4 cm³/mol. The average Bonchev–Trinajstić information content (AvgIpc) is 3.07. The summed E-state index contributed by atoms with van der Waals surface area (Å²) in [5.74, 6) is -1.96. The molecule has 2 heterocycles. The van der Waals surface area contributed by atoms with Crippen molar-refractivity contribution >= 4 is 23.2 Å². The highest BCUT2D eigenvalue weighted by Crippen LogP contribution is 2.26. The van der Waals surface area contributed by atoms with Crippen molar-refractivity contribution in [1.29, 1.82) is 0 Å². The molecule has 6 nitrogen and oxygen atoms in total. The second-order valence-corrected chi connectivity index (χ2v) is 6.87. The zero-order valence-corrected chi connectivity index (χ0v) is 13.7. The number of aromatic nitrogens is 1. The predicted octanol–water partition coefficient (Wildman–Crippen LogP) is 3.22. The number of hydrogen-bond acceptors (Lipinski definition) is 5. The van der Waals surface area contributed by atoms with Gasteiger partial charge < -0.3 is 14.8 Å². The van der Waals surface area contributed by atoms with Gasteiger partial charge in [0, 0.05) is 10.8 Å². The third kappa shape index (κ3) is 3.54. The smallest absolute Gasteiger partial charge is 0.371 e. The summed E-state index contributed by atoms with van der Waals surface area (Å²) in [4.78, 5) is 27.3. The van der Waals surface area contributed by atoms with Crippen molar-refractivity contribution in [3.05, 3.63) is 39.7 Å². The van der Waals surface area contributed by atoms with Gasteiger partial charge in [-0.05, 0) is 19.1 Å². The summed E-state index contributed by atoms with van der Waals surface area (Å²) in [6.45, 7) is 8.05. The van der Waals surface area contributed by atoms with Gasteiger partial charge in [-0.25, -0.2) is 9.78 Å². The first-order valence-corrected chi connectivity index (χ1v) is 7.66. The molecule has 1 atom stereocenters. The summed E-state index contributed by atoms with van der Waals surface area (Å²) >= 11 is 1.48. The first kappa shape index (κ1) is 16.2. The van der Waals surface area contributed by atoms with E-state index in [4.69, 9.17) is 9.52 Å². The van der Waals surface area contributed by atoms with Crippen LogP contribution in [0.15, 0.2) is 21.9 Å². The van der Waals surface area contributed by atoms with Crippen molar-refractivity contribution in [3.8, 4) is 0 Å². The number of nitrogens with one attached hydrogen (secondary N) is 1. The van der Waals surface area contributed by atoms with Crippen LogP contribution in [0.25, 0.3) is 0 Å². The van der Waals surface area contributed by atoms with Crippen LogP contribution < -0.4 is 5.32 Å². The van der Waals surface area contributed by atoms with Gasteiger partial charge in [-0.2, -0.15) is 0 Å². The summed E-state index contributed by atoms with van der Waals surface area (Å²) in [5, 5.41) is 14.3. The van der Waals surface area contributed by atoms with Crippen LogP contribution in [0.1, 0.15) is 65.5 Å². The molecule has 2 N–H and O–H groups in total.